The summed E-state index contributed by atoms with van der Waals surface area (Å²) in [6, 6.07) is 15.7. The second-order valence-corrected chi connectivity index (χ2v) is 9.00. The quantitative estimate of drug-likeness (QED) is 0.239. The Morgan fingerprint density at radius 1 is 0.919 bits per heavy atom. The molecule has 0 saturated heterocycles. The molecule has 1 aliphatic heterocycles. The van der Waals surface area contributed by atoms with Gasteiger partial charge in [0, 0.05) is 77.9 Å². The third kappa shape index (κ3) is 3.81. The predicted molar refractivity (Wildman–Crippen MR) is 140 cm³/mol. The predicted octanol–water partition coefficient (Wildman–Crippen LogP) is 3.24. The second-order valence-electron chi connectivity index (χ2n) is 9.00. The number of aryl methyl sites for hydroxylation is 2. The van der Waals surface area contributed by atoms with E-state index >= 15 is 0 Å². The van der Waals surface area contributed by atoms with Crippen LogP contribution in [0.2, 0.25) is 0 Å². The van der Waals surface area contributed by atoms with Crippen LogP contribution in [0.4, 0.5) is 0 Å². The molecule has 0 unspecified atom stereocenters. The van der Waals surface area contributed by atoms with Crippen molar-refractivity contribution in [3.63, 3.8) is 0 Å². The number of carbonyl (C=O) groups is 3. The van der Waals surface area contributed by atoms with E-state index < -0.39 is 11.8 Å². The lowest BCUT2D eigenvalue weighted by Crippen LogP contribution is -2.26. The maximum absolute atomic E-state index is 13.2. The lowest BCUT2D eigenvalue weighted by atomic mass is 9.95. The molecule has 3 amide bonds. The number of hydrogen-bond acceptors (Lipinski definition) is 4. The highest BCUT2D eigenvalue weighted by Crippen LogP contribution is 2.38. The SMILES string of the molecule is Cn1cc(C2=C(c3cn(CCCNC(=O)c4ncc[nH]4)c4ccccc34)C(=O)NC2=O)c2ccccc21. The molecular formula is C28H24N6O3. The Labute approximate surface area is 211 Å². The van der Waals surface area contributed by atoms with Crippen molar-refractivity contribution in [1.29, 1.82) is 0 Å². The lowest BCUT2D eigenvalue weighted by molar-refractivity contribution is -0.122. The van der Waals surface area contributed by atoms with Gasteiger partial charge in [-0.05, 0) is 18.6 Å². The van der Waals surface area contributed by atoms with Gasteiger partial charge in [0.25, 0.3) is 17.7 Å². The number of fused-ring (bicyclic) bond motifs is 2. The largest absolute Gasteiger partial charge is 0.350 e. The van der Waals surface area contributed by atoms with Crippen LogP contribution in [0.5, 0.6) is 0 Å². The molecular weight excluding hydrogens is 468 g/mol. The van der Waals surface area contributed by atoms with E-state index in [1.165, 1.54) is 6.20 Å². The smallest absolute Gasteiger partial charge is 0.287 e. The van der Waals surface area contributed by atoms with Crippen LogP contribution in [0.15, 0.2) is 73.3 Å². The monoisotopic (exact) mass is 492 g/mol. The van der Waals surface area contributed by atoms with E-state index in [9.17, 15) is 14.4 Å². The van der Waals surface area contributed by atoms with Gasteiger partial charge in [-0.1, -0.05) is 36.4 Å². The van der Waals surface area contributed by atoms with Gasteiger partial charge in [0.05, 0.1) is 11.1 Å². The number of nitrogens with one attached hydrogen (secondary N) is 3. The fourth-order valence-electron chi connectivity index (χ4n) is 5.07. The minimum atomic E-state index is -0.401. The molecule has 0 bridgehead atoms. The topological polar surface area (TPSA) is 114 Å². The molecule has 0 atom stereocenters. The molecule has 9 nitrogen and oxygen atoms in total. The minimum Gasteiger partial charge on any atom is -0.350 e. The standard InChI is InChI=1S/C28H24N6O3/c1-33-15-19(17-7-2-4-9-21(17)33)23-24(27(36)32-26(23)35)20-16-34(22-10-5-3-8-18(20)22)14-6-11-31-28(37)25-29-12-13-30-25/h2-5,7-10,12-13,15-16H,6,11,14H2,1H3,(H,29,30)(H,31,37)(H,32,35,36). The van der Waals surface area contributed by atoms with Crippen molar-refractivity contribution in [2.24, 2.45) is 7.05 Å². The Balaban J connectivity index is 1.37. The van der Waals surface area contributed by atoms with E-state index in [1.54, 1.807) is 6.20 Å². The molecule has 3 aromatic heterocycles. The highest BCUT2D eigenvalue weighted by molar-refractivity contribution is 6.50. The van der Waals surface area contributed by atoms with Gasteiger partial charge in [-0.15, -0.1) is 0 Å². The van der Waals surface area contributed by atoms with E-state index in [0.29, 0.717) is 36.2 Å². The summed E-state index contributed by atoms with van der Waals surface area (Å²) in [5.74, 6) is -0.775. The molecule has 6 rings (SSSR count). The first kappa shape index (κ1) is 22.5. The van der Waals surface area contributed by atoms with Gasteiger partial charge < -0.3 is 19.4 Å². The Morgan fingerprint density at radius 3 is 2.27 bits per heavy atom. The number of H-pyrrole nitrogens is 1. The number of imidazole rings is 1. The van der Waals surface area contributed by atoms with Crippen LogP contribution < -0.4 is 10.6 Å². The van der Waals surface area contributed by atoms with Crippen LogP contribution in [0.1, 0.15) is 28.2 Å². The summed E-state index contributed by atoms with van der Waals surface area (Å²) in [6.45, 7) is 1.08. The average Bonchev–Trinajstić information content (AvgIpc) is 3.68. The summed E-state index contributed by atoms with van der Waals surface area (Å²) in [4.78, 5) is 45.1. The first-order chi connectivity index (χ1) is 18.0. The van der Waals surface area contributed by atoms with Crippen LogP contribution in [-0.4, -0.2) is 43.4 Å². The van der Waals surface area contributed by atoms with Gasteiger partial charge in [-0.25, -0.2) is 4.98 Å². The van der Waals surface area contributed by atoms with Gasteiger partial charge in [-0.3, -0.25) is 19.7 Å². The number of imide groups is 1. The van der Waals surface area contributed by atoms with E-state index in [0.717, 1.165) is 27.4 Å². The van der Waals surface area contributed by atoms with Crippen molar-refractivity contribution in [2.75, 3.05) is 6.54 Å². The van der Waals surface area contributed by atoms with E-state index in [2.05, 4.69) is 25.2 Å². The molecule has 4 heterocycles. The molecule has 3 N–H and O–H groups in total. The number of aromatic nitrogens is 4. The zero-order valence-corrected chi connectivity index (χ0v) is 20.1. The molecule has 0 saturated carbocycles. The van der Waals surface area contributed by atoms with Crippen LogP contribution in [-0.2, 0) is 23.2 Å². The molecule has 0 aliphatic carbocycles. The first-order valence-electron chi connectivity index (χ1n) is 12.0. The number of aromatic amines is 1. The summed E-state index contributed by atoms with van der Waals surface area (Å²) < 4.78 is 4.03. The van der Waals surface area contributed by atoms with Crippen LogP contribution in [0.25, 0.3) is 33.0 Å². The second kappa shape index (κ2) is 8.94. The molecule has 37 heavy (non-hydrogen) atoms. The van der Waals surface area contributed by atoms with Gasteiger partial charge in [0.15, 0.2) is 5.82 Å². The van der Waals surface area contributed by atoms with Crippen molar-refractivity contribution in [2.45, 2.75) is 13.0 Å². The third-order valence-corrected chi connectivity index (χ3v) is 6.73. The van der Waals surface area contributed by atoms with Crippen molar-refractivity contribution in [3.8, 4) is 0 Å². The summed E-state index contributed by atoms with van der Waals surface area (Å²) in [5.41, 5.74) is 4.13. The maximum Gasteiger partial charge on any atom is 0.287 e. The van der Waals surface area contributed by atoms with Gasteiger partial charge in [-0.2, -0.15) is 0 Å². The lowest BCUT2D eigenvalue weighted by Gasteiger charge is -2.06. The number of hydrogen-bond donors (Lipinski definition) is 3. The number of carbonyl (C=O) groups excluding carboxylic acids is 3. The van der Waals surface area contributed by atoms with E-state index in [1.807, 2.05) is 72.5 Å². The molecule has 5 aromatic rings. The first-order valence-corrected chi connectivity index (χ1v) is 12.0. The van der Waals surface area contributed by atoms with Crippen molar-refractivity contribution < 1.29 is 14.4 Å². The Kier molecular flexibility index (Phi) is 5.45. The Bertz CT molecular complexity index is 1720. The third-order valence-electron chi connectivity index (χ3n) is 6.73. The molecule has 0 fully saturated rings. The summed E-state index contributed by atoms with van der Waals surface area (Å²) in [5, 5.41) is 7.18. The van der Waals surface area contributed by atoms with Crippen LogP contribution in [0, 0.1) is 0 Å². The van der Waals surface area contributed by atoms with Crippen LogP contribution >= 0.6 is 0 Å². The van der Waals surface area contributed by atoms with Crippen molar-refractivity contribution >= 4 is 50.7 Å². The zero-order valence-electron chi connectivity index (χ0n) is 20.1. The van der Waals surface area contributed by atoms with Gasteiger partial charge in [0.2, 0.25) is 0 Å². The highest BCUT2D eigenvalue weighted by atomic mass is 16.2. The number of para-hydroxylation sites is 2. The molecule has 184 valence electrons. The fourth-order valence-corrected chi connectivity index (χ4v) is 5.07. The summed E-state index contributed by atoms with van der Waals surface area (Å²) >= 11 is 0. The minimum absolute atomic E-state index is 0.255. The normalized spacial score (nSPS) is 13.6. The average molecular weight is 493 g/mol. The zero-order chi connectivity index (χ0) is 25.5. The fraction of sp³-hybridized carbons (Fsp3) is 0.143. The molecule has 9 heteroatoms. The van der Waals surface area contributed by atoms with Crippen molar-refractivity contribution in [3.05, 3.63) is 90.3 Å². The van der Waals surface area contributed by atoms with Crippen molar-refractivity contribution in [1.82, 2.24) is 29.7 Å². The van der Waals surface area contributed by atoms with E-state index in [-0.39, 0.29) is 11.7 Å². The number of rotatable bonds is 7. The molecule has 2 aromatic carbocycles. The molecule has 0 radical (unpaired) electrons. The van der Waals surface area contributed by atoms with Gasteiger partial charge >= 0.3 is 0 Å². The number of nitrogens with zero attached hydrogens (tertiary/aromatic N) is 3. The Hall–Kier alpha value is -4.92. The molecule has 1 aliphatic rings. The number of amides is 3. The van der Waals surface area contributed by atoms with E-state index in [4.69, 9.17) is 0 Å². The van der Waals surface area contributed by atoms with Crippen LogP contribution in [0.3, 0.4) is 0 Å². The number of benzene rings is 2. The summed E-state index contributed by atoms with van der Waals surface area (Å²) in [6.07, 6.45) is 7.64. The highest BCUT2D eigenvalue weighted by Gasteiger charge is 2.35. The Morgan fingerprint density at radius 2 is 1.57 bits per heavy atom. The maximum atomic E-state index is 13.2. The van der Waals surface area contributed by atoms with Gasteiger partial charge in [0.1, 0.15) is 0 Å². The summed E-state index contributed by atoms with van der Waals surface area (Å²) in [7, 11) is 1.93. The molecule has 0 spiro atoms.